The smallest absolute Gasteiger partial charge is 0.332 e. The first-order chi connectivity index (χ1) is 16.7. The van der Waals surface area contributed by atoms with E-state index in [2.05, 4.69) is 10.6 Å². The largest absolute Gasteiger partial charge is 0.480 e. The minimum Gasteiger partial charge on any atom is -0.480 e. The normalized spacial score (nSPS) is 19.3. The van der Waals surface area contributed by atoms with Crippen LogP contribution in [-0.4, -0.2) is 62.7 Å². The van der Waals surface area contributed by atoms with Crippen LogP contribution in [0.1, 0.15) is 52.0 Å². The summed E-state index contributed by atoms with van der Waals surface area (Å²) in [6, 6.07) is 1.29. The molecule has 1 saturated carbocycles. The van der Waals surface area contributed by atoms with Crippen LogP contribution in [0.3, 0.4) is 0 Å². The molecule has 1 atom stereocenters. The molecule has 1 unspecified atom stereocenters. The lowest BCUT2D eigenvalue weighted by Crippen LogP contribution is -2.58. The third-order valence-corrected chi connectivity index (χ3v) is 6.88. The second-order valence-electron chi connectivity index (χ2n) is 9.61. The first-order valence-corrected chi connectivity index (χ1v) is 12.2. The van der Waals surface area contributed by atoms with E-state index in [-0.39, 0.29) is 36.2 Å². The third kappa shape index (κ3) is 4.95. The lowest BCUT2D eigenvalue weighted by Gasteiger charge is -2.33. The van der Waals surface area contributed by atoms with Crippen molar-refractivity contribution in [2.75, 3.05) is 25.0 Å². The van der Waals surface area contributed by atoms with E-state index in [0.29, 0.717) is 12.1 Å². The van der Waals surface area contributed by atoms with Gasteiger partial charge >= 0.3 is 11.7 Å². The predicted molar refractivity (Wildman–Crippen MR) is 129 cm³/mol. The number of carbonyl (C=O) groups excluding carboxylic acids is 1. The van der Waals surface area contributed by atoms with Crippen molar-refractivity contribution in [2.24, 2.45) is 0 Å². The Labute approximate surface area is 201 Å². The van der Waals surface area contributed by atoms with E-state index in [4.69, 9.17) is 0 Å². The van der Waals surface area contributed by atoms with Gasteiger partial charge in [0.25, 0.3) is 5.56 Å². The average Bonchev–Trinajstić information content (AvgIpc) is 2.83. The SMILES string of the molecule is CC(C)n1c(=O)n(CC(=O)N2CCNCC2C(=O)O)c(=O)c2cc(F)c(NC3CCCCC3)cc21. The quantitative estimate of drug-likeness (QED) is 0.562. The van der Waals surface area contributed by atoms with E-state index in [9.17, 15) is 24.3 Å². The lowest BCUT2D eigenvalue weighted by atomic mass is 9.95. The van der Waals surface area contributed by atoms with Crippen LogP contribution < -0.4 is 21.9 Å². The van der Waals surface area contributed by atoms with Crippen molar-refractivity contribution in [3.05, 3.63) is 38.8 Å². The van der Waals surface area contributed by atoms with E-state index in [1.807, 2.05) is 0 Å². The van der Waals surface area contributed by atoms with Gasteiger partial charge in [-0.1, -0.05) is 19.3 Å². The fourth-order valence-corrected chi connectivity index (χ4v) is 5.06. The highest BCUT2D eigenvalue weighted by molar-refractivity contribution is 5.85. The van der Waals surface area contributed by atoms with Crippen LogP contribution in [0.2, 0.25) is 0 Å². The minimum absolute atomic E-state index is 0.00658. The molecule has 35 heavy (non-hydrogen) atoms. The molecule has 2 aliphatic rings. The molecular weight excluding hydrogens is 457 g/mol. The third-order valence-electron chi connectivity index (χ3n) is 6.88. The molecule has 0 bridgehead atoms. The monoisotopic (exact) mass is 489 g/mol. The fraction of sp³-hybridized carbons (Fsp3) is 0.583. The average molecular weight is 490 g/mol. The van der Waals surface area contributed by atoms with Gasteiger partial charge in [0.05, 0.1) is 16.6 Å². The number of carboxylic acids is 1. The molecule has 0 spiro atoms. The van der Waals surface area contributed by atoms with Gasteiger partial charge < -0.3 is 20.6 Å². The van der Waals surface area contributed by atoms with Crippen molar-refractivity contribution in [2.45, 2.75) is 70.6 Å². The Kier molecular flexibility index (Phi) is 7.25. The Balaban J connectivity index is 1.75. The van der Waals surface area contributed by atoms with Crippen LogP contribution in [0.5, 0.6) is 0 Å². The molecule has 1 amide bonds. The summed E-state index contributed by atoms with van der Waals surface area (Å²) >= 11 is 0. The first kappa shape index (κ1) is 24.9. The number of amides is 1. The number of benzene rings is 1. The van der Waals surface area contributed by atoms with Gasteiger partial charge in [-0.05, 0) is 38.8 Å². The van der Waals surface area contributed by atoms with Gasteiger partial charge in [-0.3, -0.25) is 18.7 Å². The topological polar surface area (TPSA) is 126 Å². The van der Waals surface area contributed by atoms with E-state index in [1.54, 1.807) is 13.8 Å². The van der Waals surface area contributed by atoms with Crippen LogP contribution in [-0.2, 0) is 16.1 Å². The number of carboxylic acid groups (broad SMARTS) is 1. The van der Waals surface area contributed by atoms with Crippen LogP contribution in [0, 0.1) is 5.82 Å². The van der Waals surface area contributed by atoms with Gasteiger partial charge in [0.1, 0.15) is 18.4 Å². The molecule has 3 N–H and O–H groups in total. The van der Waals surface area contributed by atoms with Gasteiger partial charge in [-0.25, -0.2) is 14.0 Å². The molecule has 1 aliphatic carbocycles. The van der Waals surface area contributed by atoms with Crippen molar-refractivity contribution in [3.63, 3.8) is 0 Å². The van der Waals surface area contributed by atoms with Gasteiger partial charge in [0.15, 0.2) is 0 Å². The van der Waals surface area contributed by atoms with Crippen LogP contribution in [0.15, 0.2) is 21.7 Å². The number of hydrogen-bond donors (Lipinski definition) is 3. The fourth-order valence-electron chi connectivity index (χ4n) is 5.06. The molecule has 10 nitrogen and oxygen atoms in total. The molecule has 2 fully saturated rings. The summed E-state index contributed by atoms with van der Waals surface area (Å²) in [5.41, 5.74) is -0.927. The number of nitrogens with one attached hydrogen (secondary N) is 2. The first-order valence-electron chi connectivity index (χ1n) is 12.2. The number of nitrogens with zero attached hydrogens (tertiary/aromatic N) is 3. The number of piperazine rings is 1. The molecule has 1 aromatic carbocycles. The number of fused-ring (bicyclic) bond motifs is 1. The standard InChI is InChI=1S/C24H32FN5O5/c1-14(2)30-19-11-18(27-15-6-4-3-5-7-15)17(25)10-16(19)22(32)29(24(30)35)13-21(31)28-9-8-26-12-20(28)23(33)34/h10-11,14-15,20,26-27H,3-9,12-13H2,1-2H3,(H,33,34). The van der Waals surface area contributed by atoms with Crippen LogP contribution >= 0.6 is 0 Å². The number of halogens is 1. The molecule has 0 radical (unpaired) electrons. The van der Waals surface area contributed by atoms with Crippen molar-refractivity contribution < 1.29 is 19.1 Å². The zero-order chi connectivity index (χ0) is 25.3. The van der Waals surface area contributed by atoms with E-state index in [0.717, 1.165) is 47.6 Å². The lowest BCUT2D eigenvalue weighted by molar-refractivity contribution is -0.151. The van der Waals surface area contributed by atoms with Gasteiger partial charge in [-0.2, -0.15) is 0 Å². The van der Waals surface area contributed by atoms with Crippen molar-refractivity contribution in [1.82, 2.24) is 19.4 Å². The molecule has 2 heterocycles. The van der Waals surface area contributed by atoms with Crippen molar-refractivity contribution >= 4 is 28.5 Å². The summed E-state index contributed by atoms with van der Waals surface area (Å²) in [7, 11) is 0. The predicted octanol–water partition coefficient (Wildman–Crippen LogP) is 1.51. The summed E-state index contributed by atoms with van der Waals surface area (Å²) in [5, 5.41) is 15.6. The molecule has 190 valence electrons. The molecule has 11 heteroatoms. The number of anilines is 1. The summed E-state index contributed by atoms with van der Waals surface area (Å²) in [6.45, 7) is 3.54. The number of carbonyl (C=O) groups is 2. The highest BCUT2D eigenvalue weighted by Crippen LogP contribution is 2.26. The van der Waals surface area contributed by atoms with Crippen LogP contribution in [0.4, 0.5) is 10.1 Å². The molecule has 1 aromatic heterocycles. The molecule has 1 aliphatic heterocycles. The maximum atomic E-state index is 15.1. The maximum Gasteiger partial charge on any atom is 0.332 e. The number of aromatic nitrogens is 2. The summed E-state index contributed by atoms with van der Waals surface area (Å²) < 4.78 is 17.2. The highest BCUT2D eigenvalue weighted by Gasteiger charge is 2.32. The summed E-state index contributed by atoms with van der Waals surface area (Å²) in [4.78, 5) is 52.4. The Morgan fingerprint density at radius 2 is 1.91 bits per heavy atom. The van der Waals surface area contributed by atoms with Gasteiger partial charge in [0, 0.05) is 31.7 Å². The molecular formula is C24H32FN5O5. The van der Waals surface area contributed by atoms with E-state index in [1.165, 1.54) is 10.6 Å². The Morgan fingerprint density at radius 1 is 1.20 bits per heavy atom. The molecule has 1 saturated heterocycles. The summed E-state index contributed by atoms with van der Waals surface area (Å²) in [6.07, 6.45) is 5.16. The van der Waals surface area contributed by atoms with Crippen molar-refractivity contribution in [3.8, 4) is 0 Å². The van der Waals surface area contributed by atoms with Gasteiger partial charge in [0.2, 0.25) is 5.91 Å². The number of aliphatic carboxylic acids is 1. The summed E-state index contributed by atoms with van der Waals surface area (Å²) in [5.74, 6) is -2.42. The molecule has 2 aromatic rings. The second-order valence-corrected chi connectivity index (χ2v) is 9.61. The van der Waals surface area contributed by atoms with E-state index >= 15 is 4.39 Å². The molecule has 4 rings (SSSR count). The Hall–Kier alpha value is -3.21. The number of hydrogen-bond acceptors (Lipinski definition) is 6. The van der Waals surface area contributed by atoms with E-state index < -0.39 is 41.5 Å². The second kappa shape index (κ2) is 10.2. The van der Waals surface area contributed by atoms with Crippen LogP contribution in [0.25, 0.3) is 10.9 Å². The minimum atomic E-state index is -1.17. The maximum absolute atomic E-state index is 15.1. The number of rotatable bonds is 6. The zero-order valence-corrected chi connectivity index (χ0v) is 20.1. The Bertz CT molecular complexity index is 1250. The Morgan fingerprint density at radius 3 is 2.57 bits per heavy atom. The zero-order valence-electron chi connectivity index (χ0n) is 20.1. The van der Waals surface area contributed by atoms with Gasteiger partial charge in [-0.15, -0.1) is 0 Å². The highest BCUT2D eigenvalue weighted by atomic mass is 19.1. The van der Waals surface area contributed by atoms with Crippen molar-refractivity contribution in [1.29, 1.82) is 0 Å².